The molecule has 2 heterocycles. The van der Waals surface area contributed by atoms with Gasteiger partial charge in [-0.25, -0.2) is 9.97 Å². The third kappa shape index (κ3) is 5.13. The van der Waals surface area contributed by atoms with Crippen LogP contribution in [0.1, 0.15) is 17.9 Å². The Morgan fingerprint density at radius 3 is 2.26 bits per heavy atom. The largest absolute Gasteiger partial charge is 0.440 e. The number of rotatable bonds is 8. The molecule has 0 aliphatic heterocycles. The van der Waals surface area contributed by atoms with Crippen LogP contribution < -0.4 is 5.32 Å². The van der Waals surface area contributed by atoms with Crippen LogP contribution in [0.3, 0.4) is 0 Å². The van der Waals surface area contributed by atoms with Gasteiger partial charge < -0.3 is 14.3 Å². The number of hydrogen-bond acceptors (Lipinski definition) is 4. The average Bonchev–Trinajstić information content (AvgIpc) is 3.55. The number of nitrogens with one attached hydrogen (secondary N) is 1. The number of imidazole rings is 1. The van der Waals surface area contributed by atoms with E-state index in [2.05, 4.69) is 10.3 Å². The van der Waals surface area contributed by atoms with Crippen LogP contribution in [0.2, 0.25) is 0 Å². The second-order valence-electron chi connectivity index (χ2n) is 8.00. The lowest BCUT2D eigenvalue weighted by Crippen LogP contribution is -2.12. The van der Waals surface area contributed by atoms with Gasteiger partial charge in [-0.15, -0.1) is 0 Å². The van der Waals surface area contributed by atoms with Gasteiger partial charge in [-0.2, -0.15) is 0 Å². The molecule has 6 nitrogen and oxygen atoms in total. The summed E-state index contributed by atoms with van der Waals surface area (Å²) in [5, 5.41) is 2.96. The van der Waals surface area contributed by atoms with Crippen molar-refractivity contribution in [2.75, 3.05) is 5.32 Å². The third-order valence-corrected chi connectivity index (χ3v) is 5.48. The number of carbonyl (C=O) groups is 1. The highest BCUT2D eigenvalue weighted by molar-refractivity contribution is 5.90. The molecule has 0 aliphatic carbocycles. The average molecular weight is 449 g/mol. The Hall–Kier alpha value is -4.45. The molecule has 168 valence electrons. The number of anilines is 1. The highest BCUT2D eigenvalue weighted by Crippen LogP contribution is 2.32. The topological polar surface area (TPSA) is 73.0 Å². The highest BCUT2D eigenvalue weighted by atomic mass is 16.4. The van der Waals surface area contributed by atoms with E-state index in [1.54, 1.807) is 12.5 Å². The molecular formula is C28H24N4O2. The number of benzene rings is 3. The van der Waals surface area contributed by atoms with Crippen LogP contribution in [0.15, 0.2) is 108 Å². The minimum atomic E-state index is -0.0805. The fourth-order valence-corrected chi connectivity index (χ4v) is 3.78. The zero-order valence-electron chi connectivity index (χ0n) is 18.6. The van der Waals surface area contributed by atoms with Crippen LogP contribution in [0.25, 0.3) is 22.6 Å². The summed E-state index contributed by atoms with van der Waals surface area (Å²) in [6.07, 6.45) is 6.15. The quantitative estimate of drug-likeness (QED) is 0.324. The van der Waals surface area contributed by atoms with Crippen LogP contribution in [0, 0.1) is 0 Å². The molecule has 3 aromatic carbocycles. The maximum Gasteiger partial charge on any atom is 0.224 e. The molecule has 1 amide bonds. The number of aromatic nitrogens is 3. The van der Waals surface area contributed by atoms with E-state index < -0.39 is 0 Å². The zero-order chi connectivity index (χ0) is 23.2. The van der Waals surface area contributed by atoms with Gasteiger partial charge >= 0.3 is 0 Å². The Morgan fingerprint density at radius 2 is 1.59 bits per heavy atom. The molecule has 0 radical (unpaired) electrons. The Labute approximate surface area is 197 Å². The standard InChI is InChI=1S/C28H24N4O2/c33-25(30-24-13-11-21(12-14-24)19-32-18-17-29-20-32)15-16-26-31-27(22-7-3-1-4-8-22)28(34-26)23-9-5-2-6-10-23/h1-14,17-18,20H,15-16,19H2,(H,30,33). The van der Waals surface area contributed by atoms with E-state index in [1.807, 2.05) is 95.7 Å². The van der Waals surface area contributed by atoms with Crippen LogP contribution in [0.4, 0.5) is 5.69 Å². The molecule has 0 bridgehead atoms. The lowest BCUT2D eigenvalue weighted by molar-refractivity contribution is -0.116. The number of nitrogens with zero attached hydrogens (tertiary/aromatic N) is 3. The Morgan fingerprint density at radius 1 is 0.882 bits per heavy atom. The number of amides is 1. The number of carbonyl (C=O) groups excluding carboxylic acids is 1. The number of oxazole rings is 1. The number of hydrogen-bond donors (Lipinski definition) is 1. The van der Waals surface area contributed by atoms with Gasteiger partial charge in [-0.3, -0.25) is 4.79 Å². The summed E-state index contributed by atoms with van der Waals surface area (Å²) >= 11 is 0. The molecule has 5 aromatic rings. The minimum absolute atomic E-state index is 0.0805. The predicted octanol–water partition coefficient (Wildman–Crippen LogP) is 5.82. The Kier molecular flexibility index (Phi) is 6.29. The smallest absolute Gasteiger partial charge is 0.224 e. The van der Waals surface area contributed by atoms with E-state index in [-0.39, 0.29) is 12.3 Å². The second-order valence-corrected chi connectivity index (χ2v) is 8.00. The zero-order valence-corrected chi connectivity index (χ0v) is 18.6. The molecule has 5 rings (SSSR count). The molecule has 0 saturated carbocycles. The Bertz CT molecular complexity index is 1290. The van der Waals surface area contributed by atoms with Crippen molar-refractivity contribution in [2.24, 2.45) is 0 Å². The van der Waals surface area contributed by atoms with Gasteiger partial charge in [0.15, 0.2) is 11.7 Å². The fraction of sp³-hybridized carbons (Fsp3) is 0.107. The summed E-state index contributed by atoms with van der Waals surface area (Å²) in [4.78, 5) is 21.3. The fourth-order valence-electron chi connectivity index (χ4n) is 3.78. The van der Waals surface area contributed by atoms with Gasteiger partial charge in [-0.05, 0) is 17.7 Å². The van der Waals surface area contributed by atoms with Crippen LogP contribution in [-0.4, -0.2) is 20.4 Å². The van der Waals surface area contributed by atoms with Gasteiger partial charge in [0.1, 0.15) is 5.69 Å². The molecule has 2 aromatic heterocycles. The van der Waals surface area contributed by atoms with Crippen molar-refractivity contribution in [3.8, 4) is 22.6 Å². The van der Waals surface area contributed by atoms with Crippen LogP contribution in [-0.2, 0) is 17.8 Å². The summed E-state index contributed by atoms with van der Waals surface area (Å²) in [6, 6.07) is 27.7. The van der Waals surface area contributed by atoms with Crippen molar-refractivity contribution in [1.82, 2.24) is 14.5 Å². The van der Waals surface area contributed by atoms with E-state index in [1.165, 1.54) is 0 Å². The van der Waals surface area contributed by atoms with Crippen molar-refractivity contribution in [3.05, 3.63) is 115 Å². The van der Waals surface area contributed by atoms with Crippen molar-refractivity contribution in [3.63, 3.8) is 0 Å². The van der Waals surface area contributed by atoms with Gasteiger partial charge in [0.05, 0.1) is 6.33 Å². The maximum absolute atomic E-state index is 12.6. The number of aryl methyl sites for hydroxylation is 1. The predicted molar refractivity (Wildman–Crippen MR) is 132 cm³/mol. The van der Waals surface area contributed by atoms with E-state index >= 15 is 0 Å². The van der Waals surface area contributed by atoms with Gasteiger partial charge in [-0.1, -0.05) is 72.8 Å². The van der Waals surface area contributed by atoms with E-state index in [0.29, 0.717) is 12.3 Å². The molecule has 0 spiro atoms. The van der Waals surface area contributed by atoms with Gasteiger partial charge in [0.2, 0.25) is 5.91 Å². The van der Waals surface area contributed by atoms with Crippen molar-refractivity contribution >= 4 is 11.6 Å². The van der Waals surface area contributed by atoms with E-state index in [4.69, 9.17) is 9.40 Å². The van der Waals surface area contributed by atoms with E-state index in [9.17, 15) is 4.79 Å². The lowest BCUT2D eigenvalue weighted by atomic mass is 10.1. The van der Waals surface area contributed by atoms with Crippen LogP contribution >= 0.6 is 0 Å². The minimum Gasteiger partial charge on any atom is -0.440 e. The van der Waals surface area contributed by atoms with Crippen LogP contribution in [0.5, 0.6) is 0 Å². The van der Waals surface area contributed by atoms with E-state index in [0.717, 1.165) is 40.4 Å². The molecule has 0 fully saturated rings. The first-order chi connectivity index (χ1) is 16.7. The van der Waals surface area contributed by atoms with Gasteiger partial charge in [0, 0.05) is 48.6 Å². The monoisotopic (exact) mass is 448 g/mol. The summed E-state index contributed by atoms with van der Waals surface area (Å²) < 4.78 is 8.12. The summed E-state index contributed by atoms with van der Waals surface area (Å²) in [6.45, 7) is 0.742. The molecule has 0 aliphatic rings. The molecule has 34 heavy (non-hydrogen) atoms. The second kappa shape index (κ2) is 10.0. The normalized spacial score (nSPS) is 10.8. The summed E-state index contributed by atoms with van der Waals surface area (Å²) in [5.41, 5.74) is 4.63. The van der Waals surface area contributed by atoms with Crippen molar-refractivity contribution in [2.45, 2.75) is 19.4 Å². The SMILES string of the molecule is O=C(CCc1nc(-c2ccccc2)c(-c2ccccc2)o1)Nc1ccc(Cn2ccnc2)cc1. The summed E-state index contributed by atoms with van der Waals surface area (Å²) in [7, 11) is 0. The first kappa shape index (κ1) is 21.4. The summed E-state index contributed by atoms with van der Waals surface area (Å²) in [5.74, 6) is 1.18. The maximum atomic E-state index is 12.6. The molecule has 1 N–H and O–H groups in total. The molecule has 0 saturated heterocycles. The highest BCUT2D eigenvalue weighted by Gasteiger charge is 2.17. The van der Waals surface area contributed by atoms with Crippen molar-refractivity contribution in [1.29, 1.82) is 0 Å². The first-order valence-electron chi connectivity index (χ1n) is 11.2. The van der Waals surface area contributed by atoms with Gasteiger partial charge in [0.25, 0.3) is 0 Å². The molecule has 0 atom stereocenters. The Balaban J connectivity index is 1.25. The molecule has 0 unspecified atom stereocenters. The third-order valence-electron chi connectivity index (χ3n) is 5.48. The van der Waals surface area contributed by atoms with Crippen molar-refractivity contribution < 1.29 is 9.21 Å². The first-order valence-corrected chi connectivity index (χ1v) is 11.2. The molecule has 6 heteroatoms. The molecular weight excluding hydrogens is 424 g/mol. The lowest BCUT2D eigenvalue weighted by Gasteiger charge is -2.07.